The van der Waals surface area contributed by atoms with Gasteiger partial charge in [0.05, 0.1) is 0 Å². The van der Waals surface area contributed by atoms with Crippen molar-refractivity contribution in [2.75, 3.05) is 11.7 Å². The van der Waals surface area contributed by atoms with Gasteiger partial charge in [-0.2, -0.15) is 10.3 Å². The zero-order valence-corrected chi connectivity index (χ0v) is 6.84. The second-order valence-electron chi connectivity index (χ2n) is 2.26. The highest BCUT2D eigenvalue weighted by Gasteiger charge is 2.22. The van der Waals surface area contributed by atoms with Crippen molar-refractivity contribution in [3.8, 4) is 0 Å². The van der Waals surface area contributed by atoms with E-state index in [9.17, 15) is 4.79 Å². The van der Waals surface area contributed by atoms with Crippen LogP contribution >= 0.6 is 12.2 Å². The molecule has 7 nitrogen and oxygen atoms in total. The number of carbonyl (C=O) groups is 1. The summed E-state index contributed by atoms with van der Waals surface area (Å²) in [5, 5.41) is 10.7. The van der Waals surface area contributed by atoms with Crippen LogP contribution in [0.15, 0.2) is 0 Å². The zero-order valence-electron chi connectivity index (χ0n) is 6.02. The van der Waals surface area contributed by atoms with Crippen LogP contribution in [-0.4, -0.2) is 32.8 Å². The number of aromatic nitrogens is 4. The minimum Gasteiger partial charge on any atom is -0.271 e. The molecule has 0 aliphatic carbocycles. The average molecular weight is 186 g/mol. The second-order valence-corrected chi connectivity index (χ2v) is 2.62. The molecule has 2 N–H and O–H groups in total. The lowest BCUT2D eigenvalue weighted by Gasteiger charge is -2.13. The first kappa shape index (κ1) is 7.37. The Kier molecular flexibility index (Phi) is 1.62. The Balaban J connectivity index is 2.36. The number of hydrogen-bond donors (Lipinski definition) is 2. The zero-order chi connectivity index (χ0) is 8.55. The van der Waals surface area contributed by atoms with Crippen molar-refractivity contribution < 1.29 is 4.79 Å². The van der Waals surface area contributed by atoms with Crippen molar-refractivity contribution in [3.63, 3.8) is 0 Å². The molecular weight excluding hydrogens is 180 g/mol. The topological polar surface area (TPSA) is 78.8 Å². The van der Waals surface area contributed by atoms with E-state index in [1.807, 2.05) is 0 Å². The maximum absolute atomic E-state index is 11.1. The van der Waals surface area contributed by atoms with Gasteiger partial charge in [-0.05, 0) is 17.4 Å². The van der Waals surface area contributed by atoms with Crippen LogP contribution in [0.25, 0.3) is 0 Å². The Bertz CT molecular complexity index is 354. The van der Waals surface area contributed by atoms with E-state index in [0.717, 1.165) is 0 Å². The molecule has 0 aromatic carbocycles. The van der Waals surface area contributed by atoms with Gasteiger partial charge in [0, 0.05) is 13.0 Å². The first-order chi connectivity index (χ1) is 5.79. The van der Waals surface area contributed by atoms with E-state index in [2.05, 4.69) is 21.0 Å². The summed E-state index contributed by atoms with van der Waals surface area (Å²) in [5.74, 6) is -0.0582. The molecule has 8 heteroatoms. The van der Waals surface area contributed by atoms with Gasteiger partial charge in [0.2, 0.25) is 0 Å². The first-order valence-corrected chi connectivity index (χ1v) is 3.77. The van der Waals surface area contributed by atoms with E-state index in [1.54, 1.807) is 0 Å². The minimum atomic E-state index is -0.0582. The number of H-pyrrole nitrogens is 1. The monoisotopic (exact) mass is 186 g/mol. The lowest BCUT2D eigenvalue weighted by atomic mass is 10.5. The smallest absolute Gasteiger partial charge is 0.260 e. The molecule has 1 fully saturated rings. The molecule has 1 saturated heterocycles. The predicted molar refractivity (Wildman–Crippen MR) is 41.1 cm³/mol. The number of aromatic amines is 1. The molecule has 64 valence electrons. The molecule has 0 bridgehead atoms. The Morgan fingerprint density at radius 1 is 1.58 bits per heavy atom. The quantitative estimate of drug-likeness (QED) is 0.533. The van der Waals surface area contributed by atoms with Crippen molar-refractivity contribution in [2.45, 2.75) is 6.42 Å². The molecular formula is C4H6N6OS. The third-order valence-electron chi connectivity index (χ3n) is 1.49. The van der Waals surface area contributed by atoms with E-state index >= 15 is 0 Å². The van der Waals surface area contributed by atoms with E-state index in [4.69, 9.17) is 12.2 Å². The molecule has 1 aliphatic heterocycles. The summed E-state index contributed by atoms with van der Waals surface area (Å²) in [5.41, 5.74) is 2.82. The van der Waals surface area contributed by atoms with Crippen LogP contribution in [0.5, 0.6) is 0 Å². The number of hydrazine groups is 1. The van der Waals surface area contributed by atoms with Crippen molar-refractivity contribution in [2.24, 2.45) is 0 Å². The Hall–Kier alpha value is -1.28. The molecule has 2 rings (SSSR count). The second kappa shape index (κ2) is 2.64. The number of nitrogens with one attached hydrogen (secondary N) is 2. The minimum absolute atomic E-state index is 0.0582. The standard InChI is InChI=1S/C4H6N6OS/c11-3-1-2-5-9(3)10-4(12)6-7-8-10/h5H,1-2H2,(H,6,8,12). The Labute approximate surface area is 72.3 Å². The molecule has 1 amide bonds. The third-order valence-corrected chi connectivity index (χ3v) is 1.75. The van der Waals surface area contributed by atoms with Crippen LogP contribution in [0.2, 0.25) is 0 Å². The van der Waals surface area contributed by atoms with Gasteiger partial charge in [-0.3, -0.25) is 4.79 Å². The summed E-state index contributed by atoms with van der Waals surface area (Å²) in [6.07, 6.45) is 0.459. The van der Waals surface area contributed by atoms with Crippen molar-refractivity contribution >= 4 is 18.1 Å². The fourth-order valence-corrected chi connectivity index (χ4v) is 1.13. The lowest BCUT2D eigenvalue weighted by Crippen LogP contribution is -2.44. The van der Waals surface area contributed by atoms with E-state index < -0.39 is 0 Å². The highest BCUT2D eigenvalue weighted by molar-refractivity contribution is 7.71. The maximum Gasteiger partial charge on any atom is 0.260 e. The molecule has 1 aliphatic rings. The van der Waals surface area contributed by atoms with Crippen molar-refractivity contribution in [3.05, 3.63) is 4.77 Å². The first-order valence-electron chi connectivity index (χ1n) is 3.36. The molecule has 0 spiro atoms. The number of amides is 1. The van der Waals surface area contributed by atoms with E-state index in [0.29, 0.717) is 13.0 Å². The molecule has 0 unspecified atom stereocenters. The van der Waals surface area contributed by atoms with Gasteiger partial charge in [0.25, 0.3) is 10.7 Å². The average Bonchev–Trinajstić information content (AvgIpc) is 2.59. The molecule has 0 saturated carbocycles. The predicted octanol–water partition coefficient (Wildman–Crippen LogP) is -1.29. The summed E-state index contributed by atoms with van der Waals surface area (Å²) in [6, 6.07) is 0. The Morgan fingerprint density at radius 3 is 2.92 bits per heavy atom. The van der Waals surface area contributed by atoms with Gasteiger partial charge >= 0.3 is 0 Å². The molecule has 2 heterocycles. The van der Waals surface area contributed by atoms with Crippen molar-refractivity contribution in [1.29, 1.82) is 0 Å². The molecule has 1 aromatic rings. The van der Waals surface area contributed by atoms with Gasteiger partial charge in [0.15, 0.2) is 0 Å². The number of hydrogen-bond acceptors (Lipinski definition) is 5. The van der Waals surface area contributed by atoms with Crippen LogP contribution in [0.4, 0.5) is 0 Å². The van der Waals surface area contributed by atoms with Gasteiger partial charge < -0.3 is 0 Å². The molecule has 0 radical (unpaired) electrons. The van der Waals surface area contributed by atoms with Crippen LogP contribution in [-0.2, 0) is 4.79 Å². The lowest BCUT2D eigenvalue weighted by molar-refractivity contribution is -0.118. The summed E-state index contributed by atoms with van der Waals surface area (Å²) < 4.78 is 0.220. The summed E-state index contributed by atoms with van der Waals surface area (Å²) >= 11 is 4.80. The van der Waals surface area contributed by atoms with E-state index in [-0.39, 0.29) is 10.7 Å². The summed E-state index contributed by atoms with van der Waals surface area (Å²) in [6.45, 7) is 0.611. The van der Waals surface area contributed by atoms with Crippen LogP contribution < -0.4 is 10.5 Å². The number of tetrazole rings is 1. The SMILES string of the molecule is O=C1CCNN1n1[nH]nnc1=S. The highest BCUT2D eigenvalue weighted by atomic mass is 32.1. The summed E-state index contributed by atoms with van der Waals surface area (Å²) in [4.78, 5) is 12.4. The fourth-order valence-electron chi connectivity index (χ4n) is 0.968. The molecule has 12 heavy (non-hydrogen) atoms. The molecule has 0 atom stereocenters. The Morgan fingerprint density at radius 2 is 2.42 bits per heavy atom. The maximum atomic E-state index is 11.1. The van der Waals surface area contributed by atoms with Crippen LogP contribution in [0.3, 0.4) is 0 Å². The third kappa shape index (κ3) is 1.01. The highest BCUT2D eigenvalue weighted by Crippen LogP contribution is 1.96. The van der Waals surface area contributed by atoms with Crippen LogP contribution in [0, 0.1) is 4.77 Å². The van der Waals surface area contributed by atoms with Crippen molar-refractivity contribution in [1.82, 2.24) is 25.7 Å². The van der Waals surface area contributed by atoms with Gasteiger partial charge in [-0.1, -0.05) is 5.10 Å². The van der Waals surface area contributed by atoms with Crippen LogP contribution in [0.1, 0.15) is 6.42 Å². The van der Waals surface area contributed by atoms with E-state index in [1.165, 1.54) is 9.91 Å². The number of rotatable bonds is 1. The van der Waals surface area contributed by atoms with Gasteiger partial charge in [0.1, 0.15) is 0 Å². The number of carbonyl (C=O) groups excluding carboxylic acids is 1. The normalized spacial score (nSPS) is 17.3. The van der Waals surface area contributed by atoms with Gasteiger partial charge in [-0.25, -0.2) is 5.43 Å². The number of nitrogens with zero attached hydrogens (tertiary/aromatic N) is 4. The molecule has 1 aromatic heterocycles. The largest absolute Gasteiger partial charge is 0.271 e. The fraction of sp³-hybridized carbons (Fsp3) is 0.500. The van der Waals surface area contributed by atoms with Gasteiger partial charge in [-0.15, -0.1) is 4.79 Å². The summed E-state index contributed by atoms with van der Waals surface area (Å²) in [7, 11) is 0.